The molecule has 0 aromatic carbocycles. The minimum Gasteiger partial charge on any atom is -0.340 e. The summed E-state index contributed by atoms with van der Waals surface area (Å²) in [5.74, 6) is 1.44. The molecule has 5 nitrogen and oxygen atoms in total. The molecule has 1 aromatic heterocycles. The molecule has 1 fully saturated rings. The van der Waals surface area contributed by atoms with Crippen molar-refractivity contribution >= 4 is 0 Å². The van der Waals surface area contributed by atoms with Gasteiger partial charge in [-0.25, -0.2) is 0 Å². The van der Waals surface area contributed by atoms with E-state index in [2.05, 4.69) is 27.3 Å². The predicted molar refractivity (Wildman–Crippen MR) is 56.4 cm³/mol. The van der Waals surface area contributed by atoms with E-state index in [0.717, 1.165) is 32.0 Å². The number of hydrogen-bond acceptors (Lipinski definition) is 5. The molecule has 1 atom stereocenters. The fourth-order valence-electron chi connectivity index (χ4n) is 2.04. The molecule has 84 valence electrons. The maximum absolute atomic E-state index is 4.95. The minimum absolute atomic E-state index is 0.628. The van der Waals surface area contributed by atoms with Gasteiger partial charge in [-0.15, -0.1) is 0 Å². The van der Waals surface area contributed by atoms with E-state index in [1.54, 1.807) is 0 Å². The standard InChI is InChI=1S/C10H18N4O/c1-3-11-9-4-5-14(6-9)7-10-12-8(2)15-13-10/h9,11H,3-7H2,1-2H3. The van der Waals surface area contributed by atoms with Crippen LogP contribution in [0, 0.1) is 6.92 Å². The number of aromatic nitrogens is 2. The molecule has 0 radical (unpaired) electrons. The van der Waals surface area contributed by atoms with Crippen LogP contribution in [-0.2, 0) is 6.54 Å². The zero-order valence-electron chi connectivity index (χ0n) is 9.36. The molecule has 1 saturated heterocycles. The number of nitrogens with one attached hydrogen (secondary N) is 1. The number of likely N-dealkylation sites (tertiary alicyclic amines) is 1. The molecular formula is C10H18N4O. The maximum atomic E-state index is 4.95. The van der Waals surface area contributed by atoms with E-state index in [1.165, 1.54) is 6.42 Å². The monoisotopic (exact) mass is 210 g/mol. The second-order valence-corrected chi connectivity index (χ2v) is 4.01. The highest BCUT2D eigenvalue weighted by atomic mass is 16.5. The summed E-state index contributed by atoms with van der Waals surface area (Å²) in [6, 6.07) is 0.628. The van der Waals surface area contributed by atoms with Crippen molar-refractivity contribution in [2.24, 2.45) is 0 Å². The Morgan fingerprint density at radius 2 is 2.47 bits per heavy atom. The van der Waals surface area contributed by atoms with Crippen molar-refractivity contribution in [2.75, 3.05) is 19.6 Å². The van der Waals surface area contributed by atoms with Crippen LogP contribution in [-0.4, -0.2) is 40.7 Å². The van der Waals surface area contributed by atoms with Crippen LogP contribution in [0.4, 0.5) is 0 Å². The first-order chi connectivity index (χ1) is 7.28. The van der Waals surface area contributed by atoms with Crippen LogP contribution in [0.5, 0.6) is 0 Å². The van der Waals surface area contributed by atoms with Crippen molar-refractivity contribution in [2.45, 2.75) is 32.9 Å². The van der Waals surface area contributed by atoms with Gasteiger partial charge in [0.2, 0.25) is 5.89 Å². The van der Waals surface area contributed by atoms with Crippen LogP contribution in [0.25, 0.3) is 0 Å². The molecule has 15 heavy (non-hydrogen) atoms. The first-order valence-corrected chi connectivity index (χ1v) is 5.53. The van der Waals surface area contributed by atoms with Crippen molar-refractivity contribution in [1.82, 2.24) is 20.4 Å². The topological polar surface area (TPSA) is 54.2 Å². The fourth-order valence-corrected chi connectivity index (χ4v) is 2.04. The van der Waals surface area contributed by atoms with E-state index in [9.17, 15) is 0 Å². The van der Waals surface area contributed by atoms with Gasteiger partial charge in [-0.3, -0.25) is 4.90 Å². The van der Waals surface area contributed by atoms with E-state index < -0.39 is 0 Å². The van der Waals surface area contributed by atoms with Crippen LogP contribution in [0.3, 0.4) is 0 Å². The average molecular weight is 210 g/mol. The van der Waals surface area contributed by atoms with E-state index in [1.807, 2.05) is 6.92 Å². The average Bonchev–Trinajstić information content (AvgIpc) is 2.78. The van der Waals surface area contributed by atoms with Crippen molar-refractivity contribution in [3.63, 3.8) is 0 Å². The van der Waals surface area contributed by atoms with Crippen molar-refractivity contribution in [1.29, 1.82) is 0 Å². The summed E-state index contributed by atoms with van der Waals surface area (Å²) >= 11 is 0. The van der Waals surface area contributed by atoms with E-state index in [-0.39, 0.29) is 0 Å². The molecule has 0 spiro atoms. The Labute approximate surface area is 89.8 Å². The minimum atomic E-state index is 0.628. The van der Waals surface area contributed by atoms with Gasteiger partial charge in [-0.1, -0.05) is 12.1 Å². The van der Waals surface area contributed by atoms with Crippen molar-refractivity contribution in [3.8, 4) is 0 Å². The van der Waals surface area contributed by atoms with Gasteiger partial charge >= 0.3 is 0 Å². The zero-order valence-corrected chi connectivity index (χ0v) is 9.36. The van der Waals surface area contributed by atoms with Gasteiger partial charge in [0.1, 0.15) is 0 Å². The van der Waals surface area contributed by atoms with Gasteiger partial charge < -0.3 is 9.84 Å². The Bertz CT molecular complexity index is 312. The molecule has 1 N–H and O–H groups in total. The molecule has 1 unspecified atom stereocenters. The Morgan fingerprint density at radius 3 is 3.13 bits per heavy atom. The normalized spacial score (nSPS) is 22.4. The lowest BCUT2D eigenvalue weighted by molar-refractivity contribution is 0.302. The summed E-state index contributed by atoms with van der Waals surface area (Å²) in [4.78, 5) is 6.56. The maximum Gasteiger partial charge on any atom is 0.223 e. The number of rotatable bonds is 4. The van der Waals surface area contributed by atoms with E-state index >= 15 is 0 Å². The molecule has 0 aliphatic carbocycles. The van der Waals surface area contributed by atoms with Crippen LogP contribution < -0.4 is 5.32 Å². The second kappa shape index (κ2) is 4.72. The second-order valence-electron chi connectivity index (χ2n) is 4.01. The number of hydrogen-bond donors (Lipinski definition) is 1. The lowest BCUT2D eigenvalue weighted by Gasteiger charge is -2.13. The number of aryl methyl sites for hydroxylation is 1. The molecule has 0 bridgehead atoms. The first-order valence-electron chi connectivity index (χ1n) is 5.53. The summed E-state index contributed by atoms with van der Waals surface area (Å²) in [6.45, 7) is 8.01. The Morgan fingerprint density at radius 1 is 1.60 bits per heavy atom. The molecule has 2 heterocycles. The number of likely N-dealkylation sites (N-methyl/N-ethyl adjacent to an activating group) is 1. The molecular weight excluding hydrogens is 192 g/mol. The lowest BCUT2D eigenvalue weighted by atomic mass is 10.3. The number of nitrogens with zero attached hydrogens (tertiary/aromatic N) is 3. The van der Waals surface area contributed by atoms with Crippen molar-refractivity contribution < 1.29 is 4.52 Å². The molecule has 1 aliphatic heterocycles. The molecule has 2 rings (SSSR count). The van der Waals surface area contributed by atoms with Crippen LogP contribution in [0.2, 0.25) is 0 Å². The Balaban J connectivity index is 1.82. The molecule has 5 heteroatoms. The van der Waals surface area contributed by atoms with Crippen molar-refractivity contribution in [3.05, 3.63) is 11.7 Å². The van der Waals surface area contributed by atoms with E-state index in [0.29, 0.717) is 11.9 Å². The third kappa shape index (κ3) is 2.76. The summed E-state index contributed by atoms with van der Waals surface area (Å²) in [7, 11) is 0. The fraction of sp³-hybridized carbons (Fsp3) is 0.800. The molecule has 1 aliphatic rings. The summed E-state index contributed by atoms with van der Waals surface area (Å²) in [6.07, 6.45) is 1.21. The third-order valence-corrected chi connectivity index (χ3v) is 2.70. The molecule has 1 aromatic rings. The van der Waals surface area contributed by atoms with Crippen LogP contribution in [0.15, 0.2) is 4.52 Å². The lowest BCUT2D eigenvalue weighted by Crippen LogP contribution is -2.32. The summed E-state index contributed by atoms with van der Waals surface area (Å²) < 4.78 is 4.95. The van der Waals surface area contributed by atoms with Gasteiger partial charge in [0.05, 0.1) is 6.54 Å². The highest BCUT2D eigenvalue weighted by Crippen LogP contribution is 2.11. The van der Waals surface area contributed by atoms with Gasteiger partial charge in [0, 0.05) is 26.1 Å². The molecule has 0 amide bonds. The third-order valence-electron chi connectivity index (χ3n) is 2.70. The highest BCUT2D eigenvalue weighted by Gasteiger charge is 2.22. The Kier molecular flexibility index (Phi) is 3.33. The SMILES string of the molecule is CCNC1CCN(Cc2noc(C)n2)C1. The predicted octanol–water partition coefficient (Wildman–Crippen LogP) is 0.562. The van der Waals surface area contributed by atoms with Crippen LogP contribution in [0.1, 0.15) is 25.1 Å². The Hall–Kier alpha value is -0.940. The zero-order chi connectivity index (χ0) is 10.7. The summed E-state index contributed by atoms with van der Waals surface area (Å²) in [5.41, 5.74) is 0. The van der Waals surface area contributed by atoms with Gasteiger partial charge in [-0.05, 0) is 13.0 Å². The van der Waals surface area contributed by atoms with E-state index in [4.69, 9.17) is 4.52 Å². The van der Waals surface area contributed by atoms with Gasteiger partial charge in [-0.2, -0.15) is 4.98 Å². The first kappa shape index (κ1) is 10.6. The van der Waals surface area contributed by atoms with Gasteiger partial charge in [0.15, 0.2) is 5.82 Å². The quantitative estimate of drug-likeness (QED) is 0.787. The largest absolute Gasteiger partial charge is 0.340 e. The van der Waals surface area contributed by atoms with Gasteiger partial charge in [0.25, 0.3) is 0 Å². The smallest absolute Gasteiger partial charge is 0.223 e. The highest BCUT2D eigenvalue weighted by molar-refractivity contribution is 4.88. The summed E-state index contributed by atoms with van der Waals surface area (Å²) in [5, 5.41) is 7.36. The van der Waals surface area contributed by atoms with Crippen LogP contribution >= 0.6 is 0 Å². The molecule has 0 saturated carbocycles.